The van der Waals surface area contributed by atoms with Crippen LogP contribution in [0.3, 0.4) is 0 Å². The van der Waals surface area contributed by atoms with Crippen molar-refractivity contribution in [1.82, 2.24) is 15.0 Å². The third-order valence-electron chi connectivity index (χ3n) is 3.60. The molecule has 0 aliphatic heterocycles. The summed E-state index contributed by atoms with van der Waals surface area (Å²) in [6, 6.07) is 17.5. The van der Waals surface area contributed by atoms with Crippen LogP contribution in [0.1, 0.15) is 25.6 Å². The van der Waals surface area contributed by atoms with Crippen molar-refractivity contribution < 1.29 is 0 Å². The number of hydrogen-bond acceptors (Lipinski definition) is 4. The van der Waals surface area contributed by atoms with Gasteiger partial charge in [0.15, 0.2) is 0 Å². The van der Waals surface area contributed by atoms with Crippen molar-refractivity contribution in [1.29, 1.82) is 5.26 Å². The molecule has 1 atom stereocenters. The molecule has 110 valence electrons. The Bertz CT molecular complexity index is 811. The fraction of sp³-hybridized carbons (Fsp3) is 0.235. The van der Waals surface area contributed by atoms with E-state index in [0.29, 0.717) is 11.5 Å². The Hall–Kier alpha value is -2.87. The normalized spacial score (nSPS) is 12.3. The van der Waals surface area contributed by atoms with E-state index >= 15 is 0 Å². The average Bonchev–Trinajstić information content (AvgIpc) is 2.96. The van der Waals surface area contributed by atoms with Crippen LogP contribution < -0.4 is 5.32 Å². The van der Waals surface area contributed by atoms with Crippen LogP contribution in [0.4, 0.5) is 5.69 Å². The molecule has 5 nitrogen and oxygen atoms in total. The smallest absolute Gasteiger partial charge is 0.125 e. The van der Waals surface area contributed by atoms with E-state index in [2.05, 4.69) is 35.5 Å². The van der Waals surface area contributed by atoms with Crippen molar-refractivity contribution in [3.63, 3.8) is 0 Å². The van der Waals surface area contributed by atoms with E-state index in [4.69, 9.17) is 5.26 Å². The van der Waals surface area contributed by atoms with Crippen LogP contribution in [-0.2, 0) is 0 Å². The zero-order valence-electron chi connectivity index (χ0n) is 12.6. The van der Waals surface area contributed by atoms with Crippen LogP contribution in [0, 0.1) is 17.2 Å². The van der Waals surface area contributed by atoms with E-state index in [-0.39, 0.29) is 6.17 Å². The molecule has 0 bridgehead atoms. The van der Waals surface area contributed by atoms with Crippen molar-refractivity contribution in [3.05, 3.63) is 54.1 Å². The molecular formula is C17H17N5. The molecule has 1 aromatic heterocycles. The second kappa shape index (κ2) is 5.86. The lowest BCUT2D eigenvalue weighted by Crippen LogP contribution is -2.24. The molecule has 0 aliphatic carbocycles. The van der Waals surface area contributed by atoms with Crippen molar-refractivity contribution in [2.75, 3.05) is 5.32 Å². The van der Waals surface area contributed by atoms with Gasteiger partial charge in [0.1, 0.15) is 11.7 Å². The third-order valence-corrected chi connectivity index (χ3v) is 3.60. The highest BCUT2D eigenvalue weighted by Crippen LogP contribution is 2.24. The molecule has 1 N–H and O–H groups in total. The highest BCUT2D eigenvalue weighted by Gasteiger charge is 2.19. The van der Waals surface area contributed by atoms with E-state index in [1.165, 1.54) is 0 Å². The second-order valence-electron chi connectivity index (χ2n) is 5.55. The summed E-state index contributed by atoms with van der Waals surface area (Å²) in [7, 11) is 0. The van der Waals surface area contributed by atoms with Gasteiger partial charge in [0.25, 0.3) is 0 Å². The fourth-order valence-electron chi connectivity index (χ4n) is 2.41. The van der Waals surface area contributed by atoms with E-state index in [1.807, 2.05) is 41.1 Å². The van der Waals surface area contributed by atoms with E-state index < -0.39 is 0 Å². The number of fused-ring (bicyclic) bond motifs is 1. The van der Waals surface area contributed by atoms with Crippen LogP contribution in [0.2, 0.25) is 0 Å². The van der Waals surface area contributed by atoms with Gasteiger partial charge < -0.3 is 5.32 Å². The first-order chi connectivity index (χ1) is 10.7. The summed E-state index contributed by atoms with van der Waals surface area (Å²) in [5, 5.41) is 20.9. The number of aromatic nitrogens is 3. The Morgan fingerprint density at radius 3 is 2.50 bits per heavy atom. The van der Waals surface area contributed by atoms with Crippen LogP contribution in [0.15, 0.2) is 48.5 Å². The van der Waals surface area contributed by atoms with E-state index in [1.54, 1.807) is 12.1 Å². The summed E-state index contributed by atoms with van der Waals surface area (Å²) >= 11 is 0. The number of benzene rings is 2. The van der Waals surface area contributed by atoms with Gasteiger partial charge in [-0.1, -0.05) is 31.2 Å². The van der Waals surface area contributed by atoms with Gasteiger partial charge in [-0.15, -0.1) is 5.10 Å². The number of nitrogens with zero attached hydrogens (tertiary/aromatic N) is 4. The molecule has 1 heterocycles. The third kappa shape index (κ3) is 2.63. The molecule has 0 saturated carbocycles. The van der Waals surface area contributed by atoms with Gasteiger partial charge in [0.2, 0.25) is 0 Å². The molecule has 3 aromatic rings. The van der Waals surface area contributed by atoms with Crippen molar-refractivity contribution in [2.45, 2.75) is 20.0 Å². The van der Waals surface area contributed by atoms with Crippen molar-refractivity contribution >= 4 is 16.7 Å². The molecule has 0 amide bonds. The lowest BCUT2D eigenvalue weighted by atomic mass is 10.1. The summed E-state index contributed by atoms with van der Waals surface area (Å²) in [5.74, 6) is 0.320. The van der Waals surface area contributed by atoms with Crippen LogP contribution in [-0.4, -0.2) is 15.0 Å². The molecule has 3 rings (SSSR count). The monoisotopic (exact) mass is 291 g/mol. The first-order valence-corrected chi connectivity index (χ1v) is 7.25. The number of nitrogens with one attached hydrogen (secondary N) is 1. The average molecular weight is 291 g/mol. The van der Waals surface area contributed by atoms with Gasteiger partial charge in [-0.2, -0.15) is 5.26 Å². The second-order valence-corrected chi connectivity index (χ2v) is 5.55. The number of nitriles is 1. The fourth-order valence-corrected chi connectivity index (χ4v) is 2.41. The van der Waals surface area contributed by atoms with Crippen molar-refractivity contribution in [2.24, 2.45) is 5.92 Å². The lowest BCUT2D eigenvalue weighted by molar-refractivity contribution is 0.388. The molecule has 0 saturated heterocycles. The minimum absolute atomic E-state index is 0.0136. The molecule has 5 heteroatoms. The summed E-state index contributed by atoms with van der Waals surface area (Å²) < 4.78 is 1.91. The van der Waals surface area contributed by atoms with Gasteiger partial charge in [0.05, 0.1) is 17.1 Å². The summed E-state index contributed by atoms with van der Waals surface area (Å²) in [4.78, 5) is 0. The molecule has 0 fully saturated rings. The van der Waals surface area contributed by atoms with Gasteiger partial charge in [-0.05, 0) is 42.3 Å². The number of anilines is 1. The van der Waals surface area contributed by atoms with Gasteiger partial charge in [-0.25, -0.2) is 4.68 Å². The SMILES string of the molecule is CC(C)C(Nc1ccc(C#N)cc1)n1nnc2ccccc21. The maximum Gasteiger partial charge on any atom is 0.125 e. The van der Waals surface area contributed by atoms with E-state index in [0.717, 1.165) is 16.7 Å². The zero-order chi connectivity index (χ0) is 15.5. The summed E-state index contributed by atoms with van der Waals surface area (Å²) in [6.45, 7) is 4.27. The Labute approximate surface area is 129 Å². The number of rotatable bonds is 4. The largest absolute Gasteiger partial charge is 0.363 e. The molecule has 0 aliphatic rings. The molecule has 1 unspecified atom stereocenters. The van der Waals surface area contributed by atoms with Gasteiger partial charge >= 0.3 is 0 Å². The van der Waals surface area contributed by atoms with Crippen LogP contribution in [0.5, 0.6) is 0 Å². The van der Waals surface area contributed by atoms with Crippen LogP contribution in [0.25, 0.3) is 11.0 Å². The first kappa shape index (κ1) is 14.1. The topological polar surface area (TPSA) is 66.5 Å². The minimum Gasteiger partial charge on any atom is -0.363 e. The maximum atomic E-state index is 8.87. The molecule has 0 spiro atoms. The predicted molar refractivity (Wildman–Crippen MR) is 86.2 cm³/mol. The van der Waals surface area contributed by atoms with E-state index in [9.17, 15) is 0 Å². The zero-order valence-corrected chi connectivity index (χ0v) is 12.6. The Balaban J connectivity index is 1.94. The maximum absolute atomic E-state index is 8.87. The quantitative estimate of drug-likeness (QED) is 0.798. The van der Waals surface area contributed by atoms with Gasteiger partial charge in [0, 0.05) is 5.69 Å². The molecule has 2 aromatic carbocycles. The lowest BCUT2D eigenvalue weighted by Gasteiger charge is -2.24. The molecule has 22 heavy (non-hydrogen) atoms. The van der Waals surface area contributed by atoms with Crippen LogP contribution >= 0.6 is 0 Å². The Morgan fingerprint density at radius 1 is 1.09 bits per heavy atom. The number of hydrogen-bond donors (Lipinski definition) is 1. The highest BCUT2D eigenvalue weighted by molar-refractivity contribution is 5.74. The minimum atomic E-state index is -0.0136. The Kier molecular flexibility index (Phi) is 3.75. The Morgan fingerprint density at radius 2 is 1.82 bits per heavy atom. The predicted octanol–water partition coefficient (Wildman–Crippen LogP) is 3.57. The summed E-state index contributed by atoms with van der Waals surface area (Å²) in [5.41, 5.74) is 3.49. The molecular weight excluding hydrogens is 274 g/mol. The molecule has 0 radical (unpaired) electrons. The van der Waals surface area contributed by atoms with Gasteiger partial charge in [-0.3, -0.25) is 0 Å². The standard InChI is InChI=1S/C17H17N5/c1-12(2)17(19-14-9-7-13(11-18)8-10-14)22-16-6-4-3-5-15(16)20-21-22/h3-10,12,17,19H,1-2H3. The first-order valence-electron chi connectivity index (χ1n) is 7.25. The summed E-state index contributed by atoms with van der Waals surface area (Å²) in [6.07, 6.45) is -0.0136. The van der Waals surface area contributed by atoms with Crippen molar-refractivity contribution in [3.8, 4) is 6.07 Å². The highest BCUT2D eigenvalue weighted by atomic mass is 15.5. The number of para-hydroxylation sites is 1.